The van der Waals surface area contributed by atoms with Crippen molar-refractivity contribution < 1.29 is 19.5 Å². The third-order valence-electron chi connectivity index (χ3n) is 4.84. The molecule has 0 aromatic carbocycles. The van der Waals surface area contributed by atoms with Gasteiger partial charge in [0, 0.05) is 25.9 Å². The second-order valence-electron chi connectivity index (χ2n) is 8.00. The minimum absolute atomic E-state index is 0.0198. The molecule has 1 atom stereocenters. The lowest BCUT2D eigenvalue weighted by Crippen LogP contribution is -2.49. The van der Waals surface area contributed by atoms with E-state index < -0.39 is 12.1 Å². The molecule has 12 heteroatoms. The SMILES string of the molecule is N=C(N)NCCCCCCCCC(=O)N[C@H](CC(=O)O)NC(=O)CCCCCCNC(=N)N. The van der Waals surface area contributed by atoms with Crippen molar-refractivity contribution in [2.24, 2.45) is 11.5 Å². The fraction of sp³-hybridized carbons (Fsp3) is 0.762. The molecule has 0 aliphatic heterocycles. The van der Waals surface area contributed by atoms with Crippen LogP contribution in [0, 0.1) is 10.8 Å². The van der Waals surface area contributed by atoms with Gasteiger partial charge in [0.1, 0.15) is 6.17 Å². The summed E-state index contributed by atoms with van der Waals surface area (Å²) in [7, 11) is 0. The van der Waals surface area contributed by atoms with Crippen molar-refractivity contribution in [2.45, 2.75) is 89.6 Å². The van der Waals surface area contributed by atoms with Gasteiger partial charge in [0.05, 0.1) is 6.42 Å². The number of carboxylic acids is 1. The van der Waals surface area contributed by atoms with E-state index in [1.807, 2.05) is 0 Å². The number of amides is 2. The highest BCUT2D eigenvalue weighted by molar-refractivity contribution is 5.80. The standard InChI is InChI=1S/C21H42N8O4/c22-20(23)26-13-9-5-2-1-3-7-11-17(30)28-16(15-19(32)33)29-18(31)12-8-4-6-10-14-27-21(24)25/h16H,1-15H2,(H,28,30)(H,29,31)(H,32,33)(H4,22,23,26)(H4,24,25,27)/t16-/m0/s1. The molecule has 11 N–H and O–H groups in total. The lowest BCUT2D eigenvalue weighted by Gasteiger charge is -2.18. The Kier molecular flexibility index (Phi) is 17.8. The predicted molar refractivity (Wildman–Crippen MR) is 128 cm³/mol. The summed E-state index contributed by atoms with van der Waals surface area (Å²) in [5.41, 5.74) is 10.4. The van der Waals surface area contributed by atoms with Gasteiger partial charge in [-0.2, -0.15) is 0 Å². The molecule has 0 saturated heterocycles. The first kappa shape index (κ1) is 29.9. The Balaban J connectivity index is 3.97. The summed E-state index contributed by atoms with van der Waals surface area (Å²) in [6, 6.07) is 0. The number of rotatable bonds is 20. The molecule has 0 aliphatic carbocycles. The van der Waals surface area contributed by atoms with Crippen LogP contribution in [0.2, 0.25) is 0 Å². The quantitative estimate of drug-likeness (QED) is 0.0531. The third-order valence-corrected chi connectivity index (χ3v) is 4.84. The van der Waals surface area contributed by atoms with Crippen LogP contribution >= 0.6 is 0 Å². The number of carboxylic acid groups (broad SMARTS) is 1. The van der Waals surface area contributed by atoms with E-state index in [0.29, 0.717) is 25.9 Å². The number of unbranched alkanes of at least 4 members (excludes halogenated alkanes) is 8. The van der Waals surface area contributed by atoms with Gasteiger partial charge in [-0.3, -0.25) is 25.2 Å². The number of hydrogen-bond donors (Lipinski definition) is 9. The summed E-state index contributed by atoms with van der Waals surface area (Å²) in [5.74, 6) is -1.74. The van der Waals surface area contributed by atoms with Gasteiger partial charge in [0.15, 0.2) is 11.9 Å². The maximum absolute atomic E-state index is 12.1. The van der Waals surface area contributed by atoms with Crippen molar-refractivity contribution >= 4 is 29.7 Å². The fourth-order valence-electron chi connectivity index (χ4n) is 3.17. The van der Waals surface area contributed by atoms with Gasteiger partial charge in [-0.1, -0.05) is 38.5 Å². The predicted octanol–water partition coefficient (Wildman–Crippen LogP) is 0.667. The van der Waals surface area contributed by atoms with Crippen molar-refractivity contribution in [3.05, 3.63) is 0 Å². The van der Waals surface area contributed by atoms with Crippen LogP contribution in [-0.4, -0.2) is 54.1 Å². The topological polar surface area (TPSA) is 219 Å². The number of hydrogen-bond acceptors (Lipinski definition) is 5. The van der Waals surface area contributed by atoms with Crippen molar-refractivity contribution in [2.75, 3.05) is 13.1 Å². The molecule has 0 spiro atoms. The number of nitrogens with two attached hydrogens (primary N) is 2. The Hall–Kier alpha value is -3.05. The Morgan fingerprint density at radius 2 is 1.03 bits per heavy atom. The zero-order valence-electron chi connectivity index (χ0n) is 19.5. The highest BCUT2D eigenvalue weighted by Gasteiger charge is 2.18. The Morgan fingerprint density at radius 3 is 1.39 bits per heavy atom. The zero-order valence-corrected chi connectivity index (χ0v) is 19.5. The molecule has 0 rings (SSSR count). The van der Waals surface area contributed by atoms with E-state index in [1.165, 1.54) is 0 Å². The number of aliphatic carboxylic acids is 1. The third kappa shape index (κ3) is 22.0. The molecule has 0 aliphatic rings. The lowest BCUT2D eigenvalue weighted by molar-refractivity contribution is -0.138. The number of carbonyl (C=O) groups is 3. The van der Waals surface area contributed by atoms with Crippen LogP contribution in [0.4, 0.5) is 0 Å². The van der Waals surface area contributed by atoms with E-state index >= 15 is 0 Å². The molecular formula is C21H42N8O4. The van der Waals surface area contributed by atoms with Crippen LogP contribution in [0.25, 0.3) is 0 Å². The number of carbonyl (C=O) groups excluding carboxylic acids is 2. The van der Waals surface area contributed by atoms with Gasteiger partial charge in [0.2, 0.25) is 11.8 Å². The summed E-state index contributed by atoms with van der Waals surface area (Å²) in [6.07, 6.45) is 8.05. The molecule has 33 heavy (non-hydrogen) atoms. The molecule has 0 saturated carbocycles. The average molecular weight is 471 g/mol. The lowest BCUT2D eigenvalue weighted by atomic mass is 10.1. The molecule has 0 bridgehead atoms. The van der Waals surface area contributed by atoms with Crippen LogP contribution < -0.4 is 32.7 Å². The summed E-state index contributed by atoms with van der Waals surface area (Å²) < 4.78 is 0. The van der Waals surface area contributed by atoms with Gasteiger partial charge < -0.3 is 37.8 Å². The van der Waals surface area contributed by atoms with Crippen LogP contribution in [0.1, 0.15) is 83.5 Å². The van der Waals surface area contributed by atoms with Gasteiger partial charge in [-0.15, -0.1) is 0 Å². The average Bonchev–Trinajstić information content (AvgIpc) is 2.70. The fourth-order valence-corrected chi connectivity index (χ4v) is 3.17. The highest BCUT2D eigenvalue weighted by atomic mass is 16.4. The van der Waals surface area contributed by atoms with Crippen LogP contribution in [0.15, 0.2) is 0 Å². The summed E-state index contributed by atoms with van der Waals surface area (Å²) >= 11 is 0. The molecule has 12 nitrogen and oxygen atoms in total. The zero-order chi connectivity index (χ0) is 24.9. The van der Waals surface area contributed by atoms with E-state index in [9.17, 15) is 14.4 Å². The molecule has 0 fully saturated rings. The van der Waals surface area contributed by atoms with Crippen molar-refractivity contribution in [3.63, 3.8) is 0 Å². The molecule has 2 amide bonds. The van der Waals surface area contributed by atoms with Crippen molar-refractivity contribution in [1.29, 1.82) is 10.8 Å². The first-order valence-electron chi connectivity index (χ1n) is 11.7. The second-order valence-corrected chi connectivity index (χ2v) is 8.00. The van der Waals surface area contributed by atoms with E-state index in [1.54, 1.807) is 0 Å². The van der Waals surface area contributed by atoms with Crippen LogP contribution in [-0.2, 0) is 14.4 Å². The van der Waals surface area contributed by atoms with Crippen LogP contribution in [0.3, 0.4) is 0 Å². The smallest absolute Gasteiger partial charge is 0.307 e. The minimum Gasteiger partial charge on any atom is -0.481 e. The van der Waals surface area contributed by atoms with E-state index in [-0.39, 0.29) is 43.0 Å². The molecule has 0 unspecified atom stereocenters. The minimum atomic E-state index is -1.10. The molecule has 190 valence electrons. The molecule has 0 heterocycles. The van der Waals surface area contributed by atoms with Crippen LogP contribution in [0.5, 0.6) is 0 Å². The summed E-state index contributed by atoms with van der Waals surface area (Å²) in [6.45, 7) is 1.31. The number of nitrogens with one attached hydrogen (secondary N) is 6. The normalized spacial score (nSPS) is 11.3. The van der Waals surface area contributed by atoms with Gasteiger partial charge in [-0.05, 0) is 25.7 Å². The van der Waals surface area contributed by atoms with Gasteiger partial charge in [0.25, 0.3) is 0 Å². The van der Waals surface area contributed by atoms with E-state index in [2.05, 4.69) is 21.3 Å². The first-order valence-corrected chi connectivity index (χ1v) is 11.7. The Bertz CT molecular complexity index is 615. The highest BCUT2D eigenvalue weighted by Crippen LogP contribution is 2.07. The summed E-state index contributed by atoms with van der Waals surface area (Å²) in [5, 5.41) is 33.8. The monoisotopic (exact) mass is 470 g/mol. The van der Waals surface area contributed by atoms with Crippen molar-refractivity contribution in [1.82, 2.24) is 21.3 Å². The maximum atomic E-state index is 12.1. The van der Waals surface area contributed by atoms with E-state index in [4.69, 9.17) is 27.4 Å². The Labute approximate surface area is 196 Å². The van der Waals surface area contributed by atoms with E-state index in [0.717, 1.165) is 51.4 Å². The number of guanidine groups is 2. The summed E-state index contributed by atoms with van der Waals surface area (Å²) in [4.78, 5) is 35.3. The second kappa shape index (κ2) is 19.6. The van der Waals surface area contributed by atoms with Gasteiger partial charge >= 0.3 is 5.97 Å². The molecule has 0 aromatic heterocycles. The largest absolute Gasteiger partial charge is 0.481 e. The van der Waals surface area contributed by atoms with Gasteiger partial charge in [-0.25, -0.2) is 0 Å². The Morgan fingerprint density at radius 1 is 0.667 bits per heavy atom. The molecule has 0 aromatic rings. The van der Waals surface area contributed by atoms with Crippen molar-refractivity contribution in [3.8, 4) is 0 Å². The maximum Gasteiger partial charge on any atom is 0.307 e. The molecular weight excluding hydrogens is 428 g/mol. The first-order chi connectivity index (χ1) is 15.7. The molecule has 0 radical (unpaired) electrons.